The van der Waals surface area contributed by atoms with E-state index in [0.29, 0.717) is 12.1 Å². The van der Waals surface area contributed by atoms with Gasteiger partial charge in [0.1, 0.15) is 5.75 Å². The average molecular weight is 275 g/mol. The molecule has 2 fully saturated rings. The SMILES string of the molecule is COc1ccccc1[C@@H](C)NC1CCOC2(CCC2)C1. The summed E-state index contributed by atoms with van der Waals surface area (Å²) in [5.74, 6) is 0.970. The molecule has 1 saturated carbocycles. The summed E-state index contributed by atoms with van der Waals surface area (Å²) in [5.41, 5.74) is 1.44. The zero-order chi connectivity index (χ0) is 14.0. The van der Waals surface area contributed by atoms with E-state index in [0.717, 1.165) is 25.2 Å². The van der Waals surface area contributed by atoms with Crippen LogP contribution in [0.4, 0.5) is 0 Å². The summed E-state index contributed by atoms with van der Waals surface area (Å²) in [6.45, 7) is 3.12. The molecular weight excluding hydrogens is 250 g/mol. The highest BCUT2D eigenvalue weighted by Gasteiger charge is 2.42. The molecule has 1 aliphatic heterocycles. The van der Waals surface area contributed by atoms with Crippen LogP contribution >= 0.6 is 0 Å². The lowest BCUT2D eigenvalue weighted by Crippen LogP contribution is -2.51. The zero-order valence-corrected chi connectivity index (χ0v) is 12.5. The topological polar surface area (TPSA) is 30.5 Å². The number of hydrogen-bond acceptors (Lipinski definition) is 3. The van der Waals surface area contributed by atoms with Gasteiger partial charge in [0.05, 0.1) is 12.7 Å². The third-order valence-corrected chi connectivity index (χ3v) is 4.85. The molecule has 1 unspecified atom stereocenters. The standard InChI is InChI=1S/C17H25NO2/c1-13(15-6-3-4-7-16(15)19-2)18-14-8-11-20-17(12-14)9-5-10-17/h3-4,6-7,13-14,18H,5,8-12H2,1-2H3/t13-,14?/m1/s1. The van der Waals surface area contributed by atoms with Gasteiger partial charge >= 0.3 is 0 Å². The fourth-order valence-corrected chi connectivity index (χ4v) is 3.56. The lowest BCUT2D eigenvalue weighted by atomic mass is 9.74. The first-order valence-corrected chi connectivity index (χ1v) is 7.75. The van der Waals surface area contributed by atoms with E-state index >= 15 is 0 Å². The highest BCUT2D eigenvalue weighted by atomic mass is 16.5. The summed E-state index contributed by atoms with van der Waals surface area (Å²) in [7, 11) is 1.74. The largest absolute Gasteiger partial charge is 0.496 e. The highest BCUT2D eigenvalue weighted by Crippen LogP contribution is 2.42. The number of hydrogen-bond donors (Lipinski definition) is 1. The van der Waals surface area contributed by atoms with Crippen LogP contribution in [0.2, 0.25) is 0 Å². The predicted molar refractivity (Wildman–Crippen MR) is 80.1 cm³/mol. The molecule has 0 bridgehead atoms. The van der Waals surface area contributed by atoms with Crippen LogP contribution in [0.1, 0.15) is 50.6 Å². The van der Waals surface area contributed by atoms with Crippen molar-refractivity contribution in [1.29, 1.82) is 0 Å². The maximum absolute atomic E-state index is 6.00. The van der Waals surface area contributed by atoms with Crippen LogP contribution in [0.15, 0.2) is 24.3 Å². The van der Waals surface area contributed by atoms with Crippen molar-refractivity contribution in [2.75, 3.05) is 13.7 Å². The van der Waals surface area contributed by atoms with Crippen LogP contribution in [0, 0.1) is 0 Å². The molecule has 1 aliphatic carbocycles. The molecule has 3 nitrogen and oxygen atoms in total. The average Bonchev–Trinajstić information content (AvgIpc) is 2.46. The Labute approximate surface area is 121 Å². The van der Waals surface area contributed by atoms with Crippen molar-refractivity contribution in [3.8, 4) is 5.75 Å². The molecule has 1 heterocycles. The molecule has 1 saturated heterocycles. The first kappa shape index (κ1) is 13.9. The second-order valence-electron chi connectivity index (χ2n) is 6.21. The quantitative estimate of drug-likeness (QED) is 0.913. The van der Waals surface area contributed by atoms with E-state index in [9.17, 15) is 0 Å². The molecule has 1 N–H and O–H groups in total. The summed E-state index contributed by atoms with van der Waals surface area (Å²) in [4.78, 5) is 0. The van der Waals surface area contributed by atoms with Gasteiger partial charge < -0.3 is 14.8 Å². The molecule has 2 aliphatic rings. The minimum absolute atomic E-state index is 0.205. The second-order valence-corrected chi connectivity index (χ2v) is 6.21. The van der Waals surface area contributed by atoms with Gasteiger partial charge in [0, 0.05) is 24.3 Å². The van der Waals surface area contributed by atoms with Gasteiger partial charge in [-0.15, -0.1) is 0 Å². The van der Waals surface area contributed by atoms with Crippen molar-refractivity contribution in [2.45, 2.75) is 56.7 Å². The van der Waals surface area contributed by atoms with E-state index in [4.69, 9.17) is 9.47 Å². The second kappa shape index (κ2) is 5.74. The van der Waals surface area contributed by atoms with Gasteiger partial charge in [-0.25, -0.2) is 0 Å². The number of benzene rings is 1. The Morgan fingerprint density at radius 3 is 2.85 bits per heavy atom. The Balaban J connectivity index is 1.64. The predicted octanol–water partition coefficient (Wildman–Crippen LogP) is 3.45. The molecule has 1 spiro atoms. The van der Waals surface area contributed by atoms with Crippen molar-refractivity contribution in [3.05, 3.63) is 29.8 Å². The van der Waals surface area contributed by atoms with Crippen LogP contribution < -0.4 is 10.1 Å². The van der Waals surface area contributed by atoms with Crippen molar-refractivity contribution in [3.63, 3.8) is 0 Å². The van der Waals surface area contributed by atoms with E-state index in [2.05, 4.69) is 24.4 Å². The zero-order valence-electron chi connectivity index (χ0n) is 12.5. The lowest BCUT2D eigenvalue weighted by molar-refractivity contribution is -0.136. The van der Waals surface area contributed by atoms with Gasteiger partial charge in [0.15, 0.2) is 0 Å². The fourth-order valence-electron chi connectivity index (χ4n) is 3.56. The van der Waals surface area contributed by atoms with Gasteiger partial charge in [0.25, 0.3) is 0 Å². The minimum Gasteiger partial charge on any atom is -0.496 e. The number of rotatable bonds is 4. The van der Waals surface area contributed by atoms with Gasteiger partial charge in [-0.3, -0.25) is 0 Å². The molecule has 3 heteroatoms. The van der Waals surface area contributed by atoms with Crippen molar-refractivity contribution in [2.24, 2.45) is 0 Å². The molecule has 0 radical (unpaired) electrons. The number of methoxy groups -OCH3 is 1. The van der Waals surface area contributed by atoms with Gasteiger partial charge in [-0.05, 0) is 45.1 Å². The van der Waals surface area contributed by atoms with Crippen molar-refractivity contribution < 1.29 is 9.47 Å². The smallest absolute Gasteiger partial charge is 0.123 e. The van der Waals surface area contributed by atoms with Crippen LogP contribution in [-0.2, 0) is 4.74 Å². The van der Waals surface area contributed by atoms with E-state index in [1.165, 1.54) is 24.8 Å². The lowest BCUT2D eigenvalue weighted by Gasteiger charge is -2.47. The number of ether oxygens (including phenoxy) is 2. The third kappa shape index (κ3) is 2.70. The molecule has 110 valence electrons. The van der Waals surface area contributed by atoms with E-state index in [1.54, 1.807) is 7.11 Å². The Morgan fingerprint density at radius 2 is 2.15 bits per heavy atom. The summed E-state index contributed by atoms with van der Waals surface area (Å²) in [6.07, 6.45) is 6.09. The van der Waals surface area contributed by atoms with Crippen molar-refractivity contribution >= 4 is 0 Å². The molecule has 3 rings (SSSR count). The van der Waals surface area contributed by atoms with Gasteiger partial charge in [-0.1, -0.05) is 18.2 Å². The fraction of sp³-hybridized carbons (Fsp3) is 0.647. The Bertz CT molecular complexity index is 456. The molecule has 1 aromatic carbocycles. The first-order chi connectivity index (χ1) is 9.72. The monoisotopic (exact) mass is 275 g/mol. The van der Waals surface area contributed by atoms with Crippen LogP contribution in [0.25, 0.3) is 0 Å². The van der Waals surface area contributed by atoms with E-state index in [-0.39, 0.29) is 5.60 Å². The number of para-hydroxylation sites is 1. The van der Waals surface area contributed by atoms with Crippen LogP contribution in [0.5, 0.6) is 5.75 Å². The maximum Gasteiger partial charge on any atom is 0.123 e. The normalized spacial score (nSPS) is 26.0. The molecule has 2 atom stereocenters. The molecule has 20 heavy (non-hydrogen) atoms. The van der Waals surface area contributed by atoms with Gasteiger partial charge in [-0.2, -0.15) is 0 Å². The molecular formula is C17H25NO2. The molecule has 1 aromatic rings. The van der Waals surface area contributed by atoms with Crippen LogP contribution in [-0.4, -0.2) is 25.4 Å². The Kier molecular flexibility index (Phi) is 3.99. The summed E-state index contributed by atoms with van der Waals surface area (Å²) < 4.78 is 11.5. The molecule has 0 amide bonds. The Hall–Kier alpha value is -1.06. The maximum atomic E-state index is 6.00. The highest BCUT2D eigenvalue weighted by molar-refractivity contribution is 5.35. The Morgan fingerprint density at radius 1 is 1.35 bits per heavy atom. The molecule has 0 aromatic heterocycles. The third-order valence-electron chi connectivity index (χ3n) is 4.85. The van der Waals surface area contributed by atoms with E-state index < -0.39 is 0 Å². The number of nitrogens with one attached hydrogen (secondary N) is 1. The first-order valence-electron chi connectivity index (χ1n) is 7.75. The summed E-state index contributed by atoms with van der Waals surface area (Å²) in [6, 6.07) is 9.15. The summed E-state index contributed by atoms with van der Waals surface area (Å²) in [5, 5.41) is 3.77. The summed E-state index contributed by atoms with van der Waals surface area (Å²) >= 11 is 0. The van der Waals surface area contributed by atoms with Crippen LogP contribution in [0.3, 0.4) is 0 Å². The minimum atomic E-state index is 0.205. The van der Waals surface area contributed by atoms with Gasteiger partial charge in [0.2, 0.25) is 0 Å². The van der Waals surface area contributed by atoms with E-state index in [1.807, 2.05) is 12.1 Å². The van der Waals surface area contributed by atoms with Crippen molar-refractivity contribution in [1.82, 2.24) is 5.32 Å².